The van der Waals surface area contributed by atoms with Crippen LogP contribution in [0.25, 0.3) is 0 Å². The van der Waals surface area contributed by atoms with Gasteiger partial charge in [0.1, 0.15) is 11.8 Å². The number of rotatable bonds is 10. The van der Waals surface area contributed by atoms with Gasteiger partial charge in [0.05, 0.1) is 5.02 Å². The van der Waals surface area contributed by atoms with Gasteiger partial charge in [0.25, 0.3) is 5.91 Å². The number of carbonyl (C=O) groups is 2. The maximum absolute atomic E-state index is 13.5. The molecule has 5 nitrogen and oxygen atoms in total. The predicted molar refractivity (Wildman–Crippen MR) is 137 cm³/mol. The lowest BCUT2D eigenvalue weighted by atomic mass is 10.0. The number of nitrogens with one attached hydrogen (secondary N) is 1. The first-order valence-corrected chi connectivity index (χ1v) is 11.9. The molecule has 0 radical (unpaired) electrons. The Morgan fingerprint density at radius 1 is 0.941 bits per heavy atom. The van der Waals surface area contributed by atoms with Gasteiger partial charge < -0.3 is 15.0 Å². The molecule has 0 heterocycles. The van der Waals surface area contributed by atoms with Crippen LogP contribution in [0.1, 0.15) is 18.1 Å². The van der Waals surface area contributed by atoms with Crippen LogP contribution in [0.15, 0.2) is 72.8 Å². The van der Waals surface area contributed by atoms with Gasteiger partial charge in [-0.2, -0.15) is 0 Å². The monoisotopic (exact) mass is 518 g/mol. The maximum atomic E-state index is 13.5. The summed E-state index contributed by atoms with van der Waals surface area (Å²) in [6, 6.07) is 20.8. The molecule has 34 heavy (non-hydrogen) atoms. The fraction of sp³-hybridized carbons (Fsp3) is 0.231. The summed E-state index contributed by atoms with van der Waals surface area (Å²) in [6.45, 7) is 2.11. The lowest BCUT2D eigenvalue weighted by Crippen LogP contribution is -2.51. The van der Waals surface area contributed by atoms with Crippen molar-refractivity contribution in [2.75, 3.05) is 13.2 Å². The van der Waals surface area contributed by atoms with Gasteiger partial charge in [0.2, 0.25) is 5.91 Å². The lowest BCUT2D eigenvalue weighted by Gasteiger charge is -2.31. The van der Waals surface area contributed by atoms with Gasteiger partial charge in [-0.25, -0.2) is 0 Å². The molecular weight excluding hydrogens is 495 g/mol. The average molecular weight is 520 g/mol. The second-order valence-electron chi connectivity index (χ2n) is 7.58. The zero-order chi connectivity index (χ0) is 24.5. The van der Waals surface area contributed by atoms with Crippen LogP contribution in [-0.4, -0.2) is 35.9 Å². The van der Waals surface area contributed by atoms with Crippen LogP contribution in [0.4, 0.5) is 0 Å². The van der Waals surface area contributed by atoms with Crippen LogP contribution in [0.3, 0.4) is 0 Å². The zero-order valence-corrected chi connectivity index (χ0v) is 20.9. The summed E-state index contributed by atoms with van der Waals surface area (Å²) in [7, 11) is 0. The van der Waals surface area contributed by atoms with Crippen molar-refractivity contribution >= 4 is 46.6 Å². The molecule has 0 aromatic heterocycles. The van der Waals surface area contributed by atoms with E-state index in [0.717, 1.165) is 11.1 Å². The predicted octanol–water partition coefficient (Wildman–Crippen LogP) is 5.80. The molecule has 2 amide bonds. The number of benzene rings is 3. The zero-order valence-electron chi connectivity index (χ0n) is 18.6. The topological polar surface area (TPSA) is 58.6 Å². The smallest absolute Gasteiger partial charge is 0.261 e. The Morgan fingerprint density at radius 2 is 1.65 bits per heavy atom. The van der Waals surface area contributed by atoms with Gasteiger partial charge in [0, 0.05) is 29.6 Å². The van der Waals surface area contributed by atoms with Crippen molar-refractivity contribution in [2.24, 2.45) is 0 Å². The van der Waals surface area contributed by atoms with Crippen LogP contribution >= 0.6 is 34.8 Å². The Balaban J connectivity index is 1.91. The van der Waals surface area contributed by atoms with E-state index in [1.54, 1.807) is 18.2 Å². The highest BCUT2D eigenvalue weighted by Gasteiger charge is 2.31. The minimum absolute atomic E-state index is 0.144. The van der Waals surface area contributed by atoms with Crippen LogP contribution < -0.4 is 10.1 Å². The van der Waals surface area contributed by atoms with Gasteiger partial charge in [0.15, 0.2) is 6.61 Å². The molecule has 0 saturated carbocycles. The van der Waals surface area contributed by atoms with Crippen LogP contribution in [0.2, 0.25) is 15.1 Å². The summed E-state index contributed by atoms with van der Waals surface area (Å²) in [6.07, 6.45) is 0.338. The van der Waals surface area contributed by atoms with Crippen molar-refractivity contribution in [1.82, 2.24) is 10.2 Å². The van der Waals surface area contributed by atoms with E-state index in [9.17, 15) is 9.59 Å². The van der Waals surface area contributed by atoms with Crippen molar-refractivity contribution in [3.63, 3.8) is 0 Å². The number of hydrogen-bond donors (Lipinski definition) is 1. The third kappa shape index (κ3) is 7.13. The number of ether oxygens (including phenoxy) is 1. The first kappa shape index (κ1) is 25.9. The highest BCUT2D eigenvalue weighted by Crippen LogP contribution is 2.28. The Bertz CT molecular complexity index is 1130. The van der Waals surface area contributed by atoms with E-state index in [2.05, 4.69) is 5.32 Å². The summed E-state index contributed by atoms with van der Waals surface area (Å²) in [5.41, 5.74) is 1.65. The molecule has 1 unspecified atom stereocenters. The van der Waals surface area contributed by atoms with Gasteiger partial charge in [-0.3, -0.25) is 9.59 Å². The summed E-state index contributed by atoms with van der Waals surface area (Å²) < 4.78 is 5.70. The second kappa shape index (κ2) is 12.7. The minimum Gasteiger partial charge on any atom is -0.482 e. The Labute approximate surface area is 214 Å². The van der Waals surface area contributed by atoms with Crippen molar-refractivity contribution in [3.8, 4) is 5.75 Å². The van der Waals surface area contributed by atoms with Crippen LogP contribution in [-0.2, 0) is 22.6 Å². The molecule has 178 valence electrons. The van der Waals surface area contributed by atoms with Crippen molar-refractivity contribution in [1.29, 1.82) is 0 Å². The van der Waals surface area contributed by atoms with Crippen molar-refractivity contribution in [3.05, 3.63) is 99.0 Å². The number of halogens is 3. The molecular formula is C26H25Cl3N2O3. The quantitative estimate of drug-likeness (QED) is 0.368. The number of carbonyl (C=O) groups excluding carboxylic acids is 2. The van der Waals surface area contributed by atoms with Gasteiger partial charge in [-0.05, 0) is 42.3 Å². The molecule has 0 fully saturated rings. The molecule has 1 N–H and O–H groups in total. The van der Waals surface area contributed by atoms with E-state index < -0.39 is 6.04 Å². The molecule has 0 aliphatic rings. The Kier molecular flexibility index (Phi) is 9.63. The molecule has 1 atom stereocenters. The number of amides is 2. The van der Waals surface area contributed by atoms with E-state index >= 15 is 0 Å². The summed E-state index contributed by atoms with van der Waals surface area (Å²) >= 11 is 18.5. The Morgan fingerprint density at radius 3 is 2.32 bits per heavy atom. The summed E-state index contributed by atoms with van der Waals surface area (Å²) in [5.74, 6) is -0.302. The molecule has 3 aromatic rings. The summed E-state index contributed by atoms with van der Waals surface area (Å²) in [5, 5.41) is 4.11. The molecule has 0 aliphatic carbocycles. The maximum Gasteiger partial charge on any atom is 0.261 e. The number of nitrogens with zero attached hydrogens (tertiary/aromatic N) is 1. The molecule has 0 saturated heterocycles. The molecule has 3 rings (SSSR count). The van der Waals surface area contributed by atoms with E-state index in [4.69, 9.17) is 39.5 Å². The largest absolute Gasteiger partial charge is 0.482 e. The molecule has 3 aromatic carbocycles. The van der Waals surface area contributed by atoms with Crippen LogP contribution in [0, 0.1) is 0 Å². The lowest BCUT2D eigenvalue weighted by molar-refractivity contribution is -0.142. The minimum atomic E-state index is -0.768. The third-order valence-corrected chi connectivity index (χ3v) is 6.06. The van der Waals surface area contributed by atoms with E-state index in [-0.39, 0.29) is 25.0 Å². The Hall–Kier alpha value is -2.73. The average Bonchev–Trinajstić information content (AvgIpc) is 2.82. The summed E-state index contributed by atoms with van der Waals surface area (Å²) in [4.78, 5) is 28.1. The van der Waals surface area contributed by atoms with Gasteiger partial charge in [-0.1, -0.05) is 83.3 Å². The molecule has 0 spiro atoms. The number of hydrogen-bond acceptors (Lipinski definition) is 3. The SMILES string of the molecule is CCNC(=O)C(Cc1ccccc1)N(Cc1ccccc1Cl)C(=O)COc1ccc(Cl)cc1Cl. The fourth-order valence-electron chi connectivity index (χ4n) is 3.47. The van der Waals surface area contributed by atoms with Gasteiger partial charge in [-0.15, -0.1) is 0 Å². The van der Waals surface area contributed by atoms with E-state index in [1.165, 1.54) is 11.0 Å². The molecule has 0 bridgehead atoms. The number of likely N-dealkylation sites (N-methyl/N-ethyl adjacent to an activating group) is 1. The first-order chi connectivity index (χ1) is 16.4. The standard InChI is InChI=1S/C26H25Cl3N2O3/c1-2-30-26(33)23(14-18-8-4-3-5-9-18)31(16-19-10-6-7-11-21(19)28)25(32)17-34-24-13-12-20(27)15-22(24)29/h3-13,15,23H,2,14,16-17H2,1H3,(H,30,33). The second-order valence-corrected chi connectivity index (χ2v) is 8.83. The van der Waals surface area contributed by atoms with E-state index in [0.29, 0.717) is 33.8 Å². The van der Waals surface area contributed by atoms with Crippen molar-refractivity contribution < 1.29 is 14.3 Å². The fourth-order valence-corrected chi connectivity index (χ4v) is 4.13. The molecule has 0 aliphatic heterocycles. The highest BCUT2D eigenvalue weighted by atomic mass is 35.5. The third-order valence-electron chi connectivity index (χ3n) is 5.17. The normalized spacial score (nSPS) is 11.5. The van der Waals surface area contributed by atoms with Gasteiger partial charge >= 0.3 is 0 Å². The van der Waals surface area contributed by atoms with E-state index in [1.807, 2.05) is 55.5 Å². The first-order valence-electron chi connectivity index (χ1n) is 10.8. The highest BCUT2D eigenvalue weighted by molar-refractivity contribution is 6.35. The van der Waals surface area contributed by atoms with Crippen LogP contribution in [0.5, 0.6) is 5.75 Å². The van der Waals surface area contributed by atoms with Crippen molar-refractivity contribution in [2.45, 2.75) is 25.9 Å². The molecule has 8 heteroatoms.